The Morgan fingerprint density at radius 1 is 1.14 bits per heavy atom. The van der Waals surface area contributed by atoms with Crippen LogP contribution in [-0.2, 0) is 18.4 Å². The largest absolute Gasteiger partial charge is 0.465 e. The molecule has 0 aromatic rings. The quantitative estimate of drug-likeness (QED) is 0.303. The highest BCUT2D eigenvalue weighted by molar-refractivity contribution is 6.66. The fourth-order valence-corrected chi connectivity index (χ4v) is 4.48. The zero-order chi connectivity index (χ0) is 16.1. The molecule has 126 valence electrons. The Morgan fingerprint density at radius 3 is 2.29 bits per heavy atom. The van der Waals surface area contributed by atoms with Gasteiger partial charge in [0.05, 0.1) is 6.61 Å². The van der Waals surface area contributed by atoms with Crippen LogP contribution in [0.25, 0.3) is 0 Å². The van der Waals surface area contributed by atoms with Crippen molar-refractivity contribution in [3.63, 3.8) is 0 Å². The third-order valence-corrected chi connectivity index (χ3v) is 6.25. The van der Waals surface area contributed by atoms with E-state index in [2.05, 4.69) is 0 Å². The third kappa shape index (κ3) is 9.97. The summed E-state index contributed by atoms with van der Waals surface area (Å²) < 4.78 is 16.7. The van der Waals surface area contributed by atoms with Gasteiger partial charge in [-0.2, -0.15) is 0 Å². The Kier molecular flexibility index (Phi) is 11.8. The first kappa shape index (κ1) is 20.5. The van der Waals surface area contributed by atoms with E-state index in [4.69, 9.17) is 25.1 Å². The van der Waals surface area contributed by atoms with E-state index in [1.54, 1.807) is 0 Å². The average Bonchev–Trinajstić information content (AvgIpc) is 2.44. The summed E-state index contributed by atoms with van der Waals surface area (Å²) >= 11 is 0. The molecule has 0 radical (unpaired) electrons. The number of nitrogens with two attached hydrogens (primary N) is 2. The van der Waals surface area contributed by atoms with Crippen molar-refractivity contribution in [1.82, 2.24) is 0 Å². The maximum atomic E-state index is 11.7. The van der Waals surface area contributed by atoms with Gasteiger partial charge in [-0.15, -0.1) is 0 Å². The van der Waals surface area contributed by atoms with E-state index in [1.165, 1.54) is 0 Å². The van der Waals surface area contributed by atoms with Crippen molar-refractivity contribution in [2.24, 2.45) is 11.5 Å². The van der Waals surface area contributed by atoms with E-state index in [1.807, 2.05) is 20.4 Å². The molecule has 0 bridgehead atoms. The Morgan fingerprint density at radius 2 is 1.76 bits per heavy atom. The average molecular weight is 321 g/mol. The topological polar surface area (TPSA) is 96.8 Å². The summed E-state index contributed by atoms with van der Waals surface area (Å²) in [5.74, 6) is -0.330. The predicted octanol–water partition coefficient (Wildman–Crippen LogP) is 1.52. The highest BCUT2D eigenvalue weighted by Crippen LogP contribution is 2.16. The summed E-state index contributed by atoms with van der Waals surface area (Å²) in [7, 11) is -2.11. The van der Waals surface area contributed by atoms with Crippen LogP contribution in [0, 0.1) is 0 Å². The first-order valence-electron chi connectivity index (χ1n) is 7.89. The summed E-state index contributed by atoms with van der Waals surface area (Å²) in [5, 5.41) is 0. The molecular weight excluding hydrogens is 288 g/mol. The lowest BCUT2D eigenvalue weighted by molar-refractivity contribution is -0.145. The molecule has 0 unspecified atom stereocenters. The molecule has 0 aliphatic heterocycles. The maximum Gasteiger partial charge on any atom is 0.335 e. The van der Waals surface area contributed by atoms with E-state index in [0.717, 1.165) is 25.3 Å². The van der Waals surface area contributed by atoms with Crippen LogP contribution in [0.15, 0.2) is 0 Å². The van der Waals surface area contributed by atoms with Gasteiger partial charge in [0.2, 0.25) is 0 Å². The standard InChI is InChI=1S/C14H32N2O4Si/c1-4-19-21(3,20-5-2)12-8-11-18-14(17)13(16)9-6-7-10-15/h13H,4-12,15-16H2,1-3H3/t13-/m0/s1. The van der Waals surface area contributed by atoms with Crippen molar-refractivity contribution in [2.75, 3.05) is 26.4 Å². The number of unbranched alkanes of at least 4 members (excludes halogenated alkanes) is 1. The van der Waals surface area contributed by atoms with Gasteiger partial charge in [0.25, 0.3) is 0 Å². The lowest BCUT2D eigenvalue weighted by atomic mass is 10.1. The van der Waals surface area contributed by atoms with Crippen molar-refractivity contribution in [1.29, 1.82) is 0 Å². The molecule has 0 rings (SSSR count). The zero-order valence-corrected chi connectivity index (χ0v) is 14.7. The molecule has 6 nitrogen and oxygen atoms in total. The van der Waals surface area contributed by atoms with E-state index in [-0.39, 0.29) is 5.97 Å². The van der Waals surface area contributed by atoms with Crippen LogP contribution in [-0.4, -0.2) is 46.9 Å². The van der Waals surface area contributed by atoms with Gasteiger partial charge in [-0.25, -0.2) is 0 Å². The Balaban J connectivity index is 3.88. The van der Waals surface area contributed by atoms with Crippen LogP contribution in [0.3, 0.4) is 0 Å². The molecular formula is C14H32N2O4Si. The molecule has 0 aromatic heterocycles. The molecule has 0 heterocycles. The van der Waals surface area contributed by atoms with Gasteiger partial charge in [-0.1, -0.05) is 6.42 Å². The van der Waals surface area contributed by atoms with E-state index >= 15 is 0 Å². The second kappa shape index (κ2) is 12.1. The molecule has 0 saturated carbocycles. The van der Waals surface area contributed by atoms with Crippen LogP contribution in [0.1, 0.15) is 39.5 Å². The summed E-state index contributed by atoms with van der Waals surface area (Å²) in [5.41, 5.74) is 11.2. The van der Waals surface area contributed by atoms with E-state index < -0.39 is 14.6 Å². The number of ether oxygens (including phenoxy) is 1. The van der Waals surface area contributed by atoms with Crippen LogP contribution < -0.4 is 11.5 Å². The lowest BCUT2D eigenvalue weighted by Gasteiger charge is -2.25. The SMILES string of the molecule is CCO[Si](C)(CCCOC(=O)[C@@H](N)CCCCN)OCC. The van der Waals surface area contributed by atoms with Crippen molar-refractivity contribution in [2.45, 2.75) is 58.2 Å². The monoisotopic (exact) mass is 320 g/mol. The van der Waals surface area contributed by atoms with Gasteiger partial charge in [-0.05, 0) is 52.2 Å². The van der Waals surface area contributed by atoms with E-state index in [0.29, 0.717) is 32.8 Å². The molecule has 0 aromatic carbocycles. The third-order valence-electron chi connectivity index (χ3n) is 3.19. The molecule has 0 saturated heterocycles. The second-order valence-electron chi connectivity index (χ2n) is 5.16. The summed E-state index contributed by atoms with van der Waals surface area (Å²) in [6.45, 7) is 8.25. The number of hydrogen-bond donors (Lipinski definition) is 2. The molecule has 7 heteroatoms. The lowest BCUT2D eigenvalue weighted by Crippen LogP contribution is -2.39. The van der Waals surface area contributed by atoms with Crippen LogP contribution >= 0.6 is 0 Å². The van der Waals surface area contributed by atoms with Gasteiger partial charge >= 0.3 is 14.5 Å². The maximum absolute atomic E-state index is 11.7. The van der Waals surface area contributed by atoms with Gasteiger partial charge in [0, 0.05) is 13.2 Å². The number of hydrogen-bond acceptors (Lipinski definition) is 6. The van der Waals surface area contributed by atoms with Gasteiger partial charge in [0.1, 0.15) is 6.04 Å². The molecule has 0 spiro atoms. The minimum atomic E-state index is -2.11. The first-order chi connectivity index (χ1) is 9.99. The molecule has 1 atom stereocenters. The number of esters is 1. The highest BCUT2D eigenvalue weighted by atomic mass is 28.4. The Labute approximate surface area is 129 Å². The molecule has 0 fully saturated rings. The number of carbonyl (C=O) groups excluding carboxylic acids is 1. The van der Waals surface area contributed by atoms with Crippen molar-refractivity contribution in [3.8, 4) is 0 Å². The highest BCUT2D eigenvalue weighted by Gasteiger charge is 2.30. The van der Waals surface area contributed by atoms with Crippen molar-refractivity contribution in [3.05, 3.63) is 0 Å². The smallest absolute Gasteiger partial charge is 0.335 e. The van der Waals surface area contributed by atoms with Crippen LogP contribution in [0.2, 0.25) is 12.6 Å². The number of rotatable bonds is 13. The molecule has 0 amide bonds. The van der Waals surface area contributed by atoms with Gasteiger partial charge in [0.15, 0.2) is 0 Å². The van der Waals surface area contributed by atoms with Gasteiger partial charge in [-0.3, -0.25) is 4.79 Å². The van der Waals surface area contributed by atoms with Gasteiger partial charge < -0.3 is 25.1 Å². The summed E-state index contributed by atoms with van der Waals surface area (Å²) in [4.78, 5) is 11.7. The Hall–Kier alpha value is -0.473. The molecule has 0 aliphatic rings. The van der Waals surface area contributed by atoms with Crippen LogP contribution in [0.5, 0.6) is 0 Å². The summed E-state index contributed by atoms with van der Waals surface area (Å²) in [6.07, 6.45) is 3.10. The fraction of sp³-hybridized carbons (Fsp3) is 0.929. The summed E-state index contributed by atoms with van der Waals surface area (Å²) in [6, 6.07) is 0.267. The normalized spacial score (nSPS) is 13.2. The second-order valence-corrected chi connectivity index (χ2v) is 8.51. The van der Waals surface area contributed by atoms with Crippen molar-refractivity contribution >= 4 is 14.5 Å². The molecule has 0 aliphatic carbocycles. The predicted molar refractivity (Wildman–Crippen MR) is 86.1 cm³/mol. The van der Waals surface area contributed by atoms with Crippen LogP contribution in [0.4, 0.5) is 0 Å². The Bertz CT molecular complexity index is 274. The minimum absolute atomic E-state index is 0.330. The minimum Gasteiger partial charge on any atom is -0.465 e. The fourth-order valence-electron chi connectivity index (χ4n) is 2.10. The zero-order valence-electron chi connectivity index (χ0n) is 13.7. The van der Waals surface area contributed by atoms with E-state index in [9.17, 15) is 4.79 Å². The molecule has 4 N–H and O–H groups in total. The first-order valence-corrected chi connectivity index (χ1v) is 10.4. The number of carbonyl (C=O) groups is 1. The van der Waals surface area contributed by atoms with Crippen molar-refractivity contribution < 1.29 is 18.4 Å². The molecule has 21 heavy (non-hydrogen) atoms.